The Bertz CT molecular complexity index is 290. The molecule has 0 unspecified atom stereocenters. The Kier molecular flexibility index (Phi) is 1.89. The van der Waals surface area contributed by atoms with Gasteiger partial charge in [0.05, 0.1) is 30.9 Å². The molecule has 0 spiro atoms. The minimum absolute atomic E-state index is 0.0966. The first-order chi connectivity index (χ1) is 6.18. The summed E-state index contributed by atoms with van der Waals surface area (Å²) in [6, 6.07) is 0. The van der Waals surface area contributed by atoms with Gasteiger partial charge in [0, 0.05) is 5.69 Å². The number of aliphatic hydroxyl groups excluding tert-OH is 1. The number of rotatable bonds is 2. The highest BCUT2D eigenvalue weighted by molar-refractivity contribution is 5.20. The Hall–Kier alpha value is -0.870. The van der Waals surface area contributed by atoms with Gasteiger partial charge in [0.1, 0.15) is 5.82 Å². The third-order valence-corrected chi connectivity index (χ3v) is 2.69. The maximum atomic E-state index is 9.25. The van der Waals surface area contributed by atoms with Crippen molar-refractivity contribution in [2.24, 2.45) is 0 Å². The highest BCUT2D eigenvalue weighted by Crippen LogP contribution is 2.30. The second-order valence-electron chi connectivity index (χ2n) is 3.73. The molecule has 2 heterocycles. The van der Waals surface area contributed by atoms with Gasteiger partial charge in [0.2, 0.25) is 0 Å². The molecule has 0 bridgehead atoms. The highest BCUT2D eigenvalue weighted by atomic mass is 16.5. The molecule has 0 aromatic carbocycles. The lowest BCUT2D eigenvalue weighted by molar-refractivity contribution is -0.0881. The molecule has 0 aliphatic carbocycles. The van der Waals surface area contributed by atoms with Crippen molar-refractivity contribution in [1.29, 1.82) is 0 Å². The van der Waals surface area contributed by atoms with Crippen LogP contribution in [0.15, 0.2) is 0 Å². The van der Waals surface area contributed by atoms with Crippen molar-refractivity contribution in [3.05, 3.63) is 17.2 Å². The predicted molar refractivity (Wildman–Crippen MR) is 47.6 cm³/mol. The van der Waals surface area contributed by atoms with Crippen LogP contribution < -0.4 is 0 Å². The van der Waals surface area contributed by atoms with Gasteiger partial charge in [-0.15, -0.1) is 0 Å². The van der Waals surface area contributed by atoms with Gasteiger partial charge in [-0.2, -0.15) is 0 Å². The van der Waals surface area contributed by atoms with Crippen LogP contribution in [0, 0.1) is 13.8 Å². The number of ether oxygens (including phenoxy) is 1. The zero-order valence-corrected chi connectivity index (χ0v) is 7.92. The number of hydrogen-bond acceptors (Lipinski definition) is 3. The van der Waals surface area contributed by atoms with Crippen LogP contribution in [0.5, 0.6) is 0 Å². The Morgan fingerprint density at radius 2 is 2.23 bits per heavy atom. The molecule has 4 nitrogen and oxygen atoms in total. The maximum absolute atomic E-state index is 9.25. The molecule has 0 atom stereocenters. The summed E-state index contributed by atoms with van der Waals surface area (Å²) in [7, 11) is 0. The summed E-state index contributed by atoms with van der Waals surface area (Å²) in [6.45, 7) is 5.17. The van der Waals surface area contributed by atoms with E-state index in [1.165, 1.54) is 0 Å². The number of aromatic amines is 1. The van der Waals surface area contributed by atoms with Crippen molar-refractivity contribution in [3.8, 4) is 0 Å². The van der Waals surface area contributed by atoms with Crippen LogP contribution in [0.1, 0.15) is 17.2 Å². The number of aryl methyl sites for hydroxylation is 2. The van der Waals surface area contributed by atoms with Crippen LogP contribution in [0.4, 0.5) is 0 Å². The summed E-state index contributed by atoms with van der Waals surface area (Å²) in [5.41, 5.74) is 1.79. The van der Waals surface area contributed by atoms with Crippen molar-refractivity contribution in [3.63, 3.8) is 0 Å². The summed E-state index contributed by atoms with van der Waals surface area (Å²) in [5.74, 6) is 0.858. The van der Waals surface area contributed by atoms with Crippen molar-refractivity contribution in [2.45, 2.75) is 19.3 Å². The minimum atomic E-state index is -0.265. The number of H-pyrrole nitrogens is 1. The molecule has 0 radical (unpaired) electrons. The molecular formula is C9H14N2O2. The molecule has 1 aromatic heterocycles. The Morgan fingerprint density at radius 1 is 1.54 bits per heavy atom. The summed E-state index contributed by atoms with van der Waals surface area (Å²) in [6.07, 6.45) is 0. The summed E-state index contributed by atoms with van der Waals surface area (Å²) < 4.78 is 5.11. The van der Waals surface area contributed by atoms with E-state index in [-0.39, 0.29) is 12.0 Å². The first-order valence-corrected chi connectivity index (χ1v) is 4.40. The van der Waals surface area contributed by atoms with Gasteiger partial charge >= 0.3 is 0 Å². The number of imidazole rings is 1. The molecule has 4 heteroatoms. The summed E-state index contributed by atoms with van der Waals surface area (Å²) >= 11 is 0. The largest absolute Gasteiger partial charge is 0.395 e. The van der Waals surface area contributed by atoms with Gasteiger partial charge in [0.15, 0.2) is 0 Å². The Balaban J connectivity index is 2.33. The van der Waals surface area contributed by atoms with Crippen LogP contribution in [-0.4, -0.2) is 34.9 Å². The standard InChI is InChI=1S/C9H14N2O2/c1-6-7(2)11-8(10-6)9(3-12)4-13-5-9/h12H,3-5H2,1-2H3,(H,10,11). The first kappa shape index (κ1) is 8.72. The van der Waals surface area contributed by atoms with Crippen molar-refractivity contribution >= 4 is 0 Å². The number of nitrogens with zero attached hydrogens (tertiary/aromatic N) is 1. The Labute approximate surface area is 77.0 Å². The van der Waals surface area contributed by atoms with Gasteiger partial charge < -0.3 is 14.8 Å². The third kappa shape index (κ3) is 1.17. The maximum Gasteiger partial charge on any atom is 0.119 e. The average molecular weight is 182 g/mol. The number of nitrogens with one attached hydrogen (secondary N) is 1. The van der Waals surface area contributed by atoms with Crippen molar-refractivity contribution < 1.29 is 9.84 Å². The van der Waals surface area contributed by atoms with Crippen LogP contribution in [0.2, 0.25) is 0 Å². The summed E-state index contributed by atoms with van der Waals surface area (Å²) in [4.78, 5) is 7.57. The zero-order chi connectivity index (χ0) is 9.47. The van der Waals surface area contributed by atoms with E-state index in [1.54, 1.807) is 0 Å². The van der Waals surface area contributed by atoms with E-state index in [0.29, 0.717) is 13.2 Å². The zero-order valence-electron chi connectivity index (χ0n) is 7.92. The lowest BCUT2D eigenvalue weighted by Crippen LogP contribution is -2.50. The molecule has 1 aliphatic rings. The molecule has 1 saturated heterocycles. The molecule has 2 N–H and O–H groups in total. The normalized spacial score (nSPS) is 19.9. The van der Waals surface area contributed by atoms with Gasteiger partial charge in [-0.25, -0.2) is 4.98 Å². The van der Waals surface area contributed by atoms with Crippen LogP contribution in [-0.2, 0) is 10.2 Å². The lowest BCUT2D eigenvalue weighted by Gasteiger charge is -2.37. The molecule has 1 aromatic rings. The summed E-state index contributed by atoms with van der Waals surface area (Å²) in [5, 5.41) is 9.25. The fourth-order valence-electron chi connectivity index (χ4n) is 1.45. The third-order valence-electron chi connectivity index (χ3n) is 2.69. The predicted octanol–water partition coefficient (Wildman–Crippen LogP) is 0.287. The number of aromatic nitrogens is 2. The van der Waals surface area contributed by atoms with E-state index in [9.17, 15) is 5.11 Å². The van der Waals surface area contributed by atoms with Gasteiger partial charge in [-0.05, 0) is 13.8 Å². The molecule has 1 fully saturated rings. The second-order valence-corrected chi connectivity index (χ2v) is 3.73. The van der Waals surface area contributed by atoms with Gasteiger partial charge in [-0.3, -0.25) is 0 Å². The molecule has 1 aliphatic heterocycles. The smallest absolute Gasteiger partial charge is 0.119 e. The molecule has 72 valence electrons. The van der Waals surface area contributed by atoms with Gasteiger partial charge in [0.25, 0.3) is 0 Å². The first-order valence-electron chi connectivity index (χ1n) is 4.40. The van der Waals surface area contributed by atoms with E-state index >= 15 is 0 Å². The van der Waals surface area contributed by atoms with Crippen LogP contribution in [0.3, 0.4) is 0 Å². The van der Waals surface area contributed by atoms with Gasteiger partial charge in [-0.1, -0.05) is 0 Å². The average Bonchev–Trinajstić information content (AvgIpc) is 2.31. The Morgan fingerprint density at radius 3 is 2.54 bits per heavy atom. The molecular weight excluding hydrogens is 168 g/mol. The molecule has 0 amide bonds. The topological polar surface area (TPSA) is 58.1 Å². The van der Waals surface area contributed by atoms with E-state index in [0.717, 1.165) is 17.2 Å². The molecule has 0 saturated carbocycles. The number of hydrogen-bond donors (Lipinski definition) is 2. The second kappa shape index (κ2) is 2.82. The SMILES string of the molecule is Cc1nc(C2(CO)COC2)[nH]c1C. The monoisotopic (exact) mass is 182 g/mol. The van der Waals surface area contributed by atoms with Crippen molar-refractivity contribution in [2.75, 3.05) is 19.8 Å². The molecule has 2 rings (SSSR count). The van der Waals surface area contributed by atoms with E-state index in [1.807, 2.05) is 13.8 Å². The quantitative estimate of drug-likeness (QED) is 0.691. The van der Waals surface area contributed by atoms with E-state index in [2.05, 4.69) is 9.97 Å². The molecule has 13 heavy (non-hydrogen) atoms. The van der Waals surface area contributed by atoms with E-state index in [4.69, 9.17) is 4.74 Å². The fraction of sp³-hybridized carbons (Fsp3) is 0.667. The van der Waals surface area contributed by atoms with Crippen molar-refractivity contribution in [1.82, 2.24) is 9.97 Å². The number of aliphatic hydroxyl groups is 1. The van der Waals surface area contributed by atoms with E-state index < -0.39 is 0 Å². The highest BCUT2D eigenvalue weighted by Gasteiger charge is 2.42. The lowest BCUT2D eigenvalue weighted by atomic mass is 9.86. The minimum Gasteiger partial charge on any atom is -0.395 e. The fourth-order valence-corrected chi connectivity index (χ4v) is 1.45. The van der Waals surface area contributed by atoms with Crippen LogP contribution in [0.25, 0.3) is 0 Å². The van der Waals surface area contributed by atoms with Crippen LogP contribution >= 0.6 is 0 Å².